The molecule has 1 heterocycles. The monoisotopic (exact) mass is 548 g/mol. The Kier molecular flexibility index (Phi) is 8.18. The first-order valence-electron chi connectivity index (χ1n) is 11.4. The van der Waals surface area contributed by atoms with Gasteiger partial charge in [-0.25, -0.2) is 9.78 Å². The van der Waals surface area contributed by atoms with Crippen LogP contribution in [0.5, 0.6) is 0 Å². The van der Waals surface area contributed by atoms with Crippen LogP contribution < -0.4 is 10.6 Å². The molecule has 0 unspecified atom stereocenters. The number of hydroxylamine groups is 2. The lowest BCUT2D eigenvalue weighted by molar-refractivity contribution is -0.185. The first-order chi connectivity index (χ1) is 17.2. The molecule has 1 aliphatic carbocycles. The second-order valence-corrected chi connectivity index (χ2v) is 9.66. The average molecular weight is 550 g/mol. The third-order valence-electron chi connectivity index (χ3n) is 5.75. The fourth-order valence-electron chi connectivity index (χ4n) is 4.14. The average Bonchev–Trinajstić information content (AvgIpc) is 2.84. The fraction of sp³-hybridized carbons (Fsp3) is 0.280. The van der Waals surface area contributed by atoms with Crippen LogP contribution in [0.25, 0.3) is 10.9 Å². The number of hydrogen-bond donors (Lipinski definition) is 2. The highest BCUT2D eigenvalue weighted by molar-refractivity contribution is 6.42. The Morgan fingerprint density at radius 3 is 2.31 bits per heavy atom. The van der Waals surface area contributed by atoms with Crippen molar-refractivity contribution in [2.45, 2.75) is 45.1 Å². The number of para-hydroxylation sites is 1. The van der Waals surface area contributed by atoms with Gasteiger partial charge >= 0.3 is 17.9 Å². The van der Waals surface area contributed by atoms with Crippen molar-refractivity contribution in [3.8, 4) is 0 Å². The highest BCUT2D eigenvalue weighted by Crippen LogP contribution is 2.34. The van der Waals surface area contributed by atoms with Crippen molar-refractivity contribution in [1.29, 1.82) is 0 Å². The van der Waals surface area contributed by atoms with Crippen LogP contribution in [0.1, 0.15) is 49.5 Å². The molecule has 8 nitrogen and oxygen atoms in total. The lowest BCUT2D eigenvalue weighted by Gasteiger charge is -2.32. The van der Waals surface area contributed by atoms with Gasteiger partial charge in [0.25, 0.3) is 0 Å². The first kappa shape index (κ1) is 26.0. The van der Waals surface area contributed by atoms with Crippen molar-refractivity contribution in [2.24, 2.45) is 0 Å². The summed E-state index contributed by atoms with van der Waals surface area (Å²) in [6.07, 6.45) is 4.27. The van der Waals surface area contributed by atoms with E-state index in [1.54, 1.807) is 24.3 Å². The molecule has 0 atom stereocenters. The van der Waals surface area contributed by atoms with Gasteiger partial charge in [-0.05, 0) is 37.1 Å². The van der Waals surface area contributed by atoms with Gasteiger partial charge in [0.05, 0.1) is 33.0 Å². The lowest BCUT2D eigenvalue weighted by Crippen LogP contribution is -2.43. The zero-order chi connectivity index (χ0) is 25.8. The number of nitrogens with zero attached hydrogens (tertiary/aromatic N) is 2. The van der Waals surface area contributed by atoms with Crippen molar-refractivity contribution in [3.05, 3.63) is 63.2 Å². The SMILES string of the molecule is CC(=O)ON(C(=O)c1nc2ccccc2cc1NC(=O)Nc1c(Cl)cc(Cl)cc1Cl)C1CCCCC1. The molecule has 1 aromatic heterocycles. The van der Waals surface area contributed by atoms with Gasteiger partial charge in [0.2, 0.25) is 0 Å². The maximum absolute atomic E-state index is 13.7. The van der Waals surface area contributed by atoms with Gasteiger partial charge < -0.3 is 15.5 Å². The number of anilines is 2. The van der Waals surface area contributed by atoms with E-state index in [2.05, 4.69) is 15.6 Å². The Balaban J connectivity index is 1.69. The van der Waals surface area contributed by atoms with Crippen LogP contribution in [0.3, 0.4) is 0 Å². The molecule has 1 aliphatic rings. The summed E-state index contributed by atoms with van der Waals surface area (Å²) >= 11 is 18.3. The summed E-state index contributed by atoms with van der Waals surface area (Å²) in [5, 5.41) is 7.64. The molecular weight excluding hydrogens is 527 g/mol. The lowest BCUT2D eigenvalue weighted by atomic mass is 9.95. The zero-order valence-corrected chi connectivity index (χ0v) is 21.6. The minimum absolute atomic E-state index is 0.0658. The van der Waals surface area contributed by atoms with Gasteiger partial charge in [0.1, 0.15) is 0 Å². The molecule has 11 heteroatoms. The molecule has 1 fully saturated rings. The van der Waals surface area contributed by atoms with Gasteiger partial charge in [0.15, 0.2) is 5.69 Å². The Morgan fingerprint density at radius 2 is 1.64 bits per heavy atom. The van der Waals surface area contributed by atoms with Crippen LogP contribution in [0.15, 0.2) is 42.5 Å². The van der Waals surface area contributed by atoms with Crippen LogP contribution >= 0.6 is 34.8 Å². The Morgan fingerprint density at radius 1 is 0.972 bits per heavy atom. The quantitative estimate of drug-likeness (QED) is 0.338. The summed E-state index contributed by atoms with van der Waals surface area (Å²) in [7, 11) is 0. The molecule has 0 saturated heterocycles. The van der Waals surface area contributed by atoms with E-state index in [1.165, 1.54) is 19.1 Å². The summed E-state index contributed by atoms with van der Waals surface area (Å²) < 4.78 is 0. The molecule has 3 aromatic rings. The van der Waals surface area contributed by atoms with E-state index in [0.29, 0.717) is 28.8 Å². The van der Waals surface area contributed by atoms with Gasteiger partial charge in [-0.2, -0.15) is 5.06 Å². The fourth-order valence-corrected chi connectivity index (χ4v) is 5.05. The number of pyridine rings is 1. The molecule has 0 aliphatic heterocycles. The maximum atomic E-state index is 13.7. The van der Waals surface area contributed by atoms with Gasteiger partial charge in [-0.15, -0.1) is 0 Å². The highest BCUT2D eigenvalue weighted by Gasteiger charge is 2.32. The molecule has 1 saturated carbocycles. The van der Waals surface area contributed by atoms with Crippen molar-refractivity contribution >= 4 is 75.0 Å². The standard InChI is InChI=1S/C25H23Cl3N4O4/c1-14(33)36-32(17-8-3-2-4-9-17)24(34)23-21(11-15-7-5-6-10-20(15)29-23)30-25(35)31-22-18(27)12-16(26)13-19(22)28/h5-7,10-13,17H,2-4,8-9H2,1H3,(H2,30,31,35). The topological polar surface area (TPSA) is 101 Å². The predicted octanol–water partition coefficient (Wildman–Crippen LogP) is 7.09. The van der Waals surface area contributed by atoms with E-state index in [1.807, 2.05) is 6.07 Å². The number of halogens is 3. The van der Waals surface area contributed by atoms with Crippen LogP contribution in [0, 0.1) is 0 Å². The van der Waals surface area contributed by atoms with Crippen LogP contribution in [-0.4, -0.2) is 34.0 Å². The second kappa shape index (κ2) is 11.3. The summed E-state index contributed by atoms with van der Waals surface area (Å²) in [4.78, 5) is 48.3. The number of hydrogen-bond acceptors (Lipinski definition) is 5. The zero-order valence-electron chi connectivity index (χ0n) is 19.3. The number of aromatic nitrogens is 1. The summed E-state index contributed by atoms with van der Waals surface area (Å²) in [5.41, 5.74) is 0.766. The number of benzene rings is 2. The minimum atomic E-state index is -0.705. The van der Waals surface area contributed by atoms with Crippen molar-refractivity contribution < 1.29 is 19.2 Å². The van der Waals surface area contributed by atoms with Gasteiger partial charge in [-0.3, -0.25) is 9.59 Å². The number of fused-ring (bicyclic) bond motifs is 1. The Labute approximate surface area is 222 Å². The van der Waals surface area contributed by atoms with E-state index in [9.17, 15) is 14.4 Å². The number of carbonyl (C=O) groups is 3. The summed E-state index contributed by atoms with van der Waals surface area (Å²) in [6.45, 7) is 1.24. The summed E-state index contributed by atoms with van der Waals surface area (Å²) in [5.74, 6) is -1.24. The molecule has 3 amide bonds. The van der Waals surface area contributed by atoms with E-state index < -0.39 is 17.9 Å². The van der Waals surface area contributed by atoms with Crippen molar-refractivity contribution in [2.75, 3.05) is 10.6 Å². The van der Waals surface area contributed by atoms with Crippen molar-refractivity contribution in [1.82, 2.24) is 10.0 Å². The normalized spacial score (nSPS) is 13.8. The molecule has 4 rings (SSSR count). The van der Waals surface area contributed by atoms with E-state index >= 15 is 0 Å². The smallest absolute Gasteiger partial charge is 0.329 e. The molecule has 0 bridgehead atoms. The Bertz CT molecular complexity index is 1300. The molecule has 188 valence electrons. The number of carbonyl (C=O) groups excluding carboxylic acids is 3. The molecule has 36 heavy (non-hydrogen) atoms. The van der Waals surface area contributed by atoms with Gasteiger partial charge in [0, 0.05) is 17.3 Å². The minimum Gasteiger partial charge on any atom is -0.338 e. The number of urea groups is 1. The van der Waals surface area contributed by atoms with Crippen molar-refractivity contribution in [3.63, 3.8) is 0 Å². The van der Waals surface area contributed by atoms with Crippen LogP contribution in [-0.2, 0) is 9.63 Å². The molecule has 2 aromatic carbocycles. The second-order valence-electron chi connectivity index (χ2n) is 8.41. The maximum Gasteiger partial charge on any atom is 0.329 e. The van der Waals surface area contributed by atoms with Crippen LogP contribution in [0.2, 0.25) is 15.1 Å². The first-order valence-corrected chi connectivity index (χ1v) is 12.5. The van der Waals surface area contributed by atoms with E-state index in [-0.39, 0.29) is 33.2 Å². The highest BCUT2D eigenvalue weighted by atomic mass is 35.5. The van der Waals surface area contributed by atoms with Gasteiger partial charge in [-0.1, -0.05) is 72.3 Å². The Hall–Kier alpha value is -3.07. The number of amides is 3. The molecular formula is C25H23Cl3N4O4. The summed E-state index contributed by atoms with van der Waals surface area (Å²) in [6, 6.07) is 10.7. The third-order valence-corrected chi connectivity index (χ3v) is 6.57. The van der Waals surface area contributed by atoms with E-state index in [0.717, 1.165) is 24.3 Å². The molecule has 0 radical (unpaired) electrons. The number of nitrogens with one attached hydrogen (secondary N) is 2. The third kappa shape index (κ3) is 6.00. The van der Waals surface area contributed by atoms with E-state index in [4.69, 9.17) is 39.6 Å². The predicted molar refractivity (Wildman–Crippen MR) is 141 cm³/mol. The molecule has 0 spiro atoms. The molecule has 2 N–H and O–H groups in total. The van der Waals surface area contributed by atoms with Crippen LogP contribution in [0.4, 0.5) is 16.2 Å². The number of rotatable bonds is 4. The largest absolute Gasteiger partial charge is 0.338 e.